The predicted molar refractivity (Wildman–Crippen MR) is 103 cm³/mol. The molecule has 4 aromatic rings. The summed E-state index contributed by atoms with van der Waals surface area (Å²) in [7, 11) is 0. The van der Waals surface area contributed by atoms with Crippen molar-refractivity contribution in [3.8, 4) is 5.69 Å². The Balaban J connectivity index is 1.80. The minimum atomic E-state index is -0.262. The maximum atomic E-state index is 13.4. The first-order valence-electron chi connectivity index (χ1n) is 7.76. The number of halogens is 2. The van der Waals surface area contributed by atoms with Crippen molar-refractivity contribution in [2.24, 2.45) is 0 Å². The fraction of sp³-hybridized carbons (Fsp3) is 0.0556. The molecule has 0 atom stereocenters. The van der Waals surface area contributed by atoms with Crippen LogP contribution in [0.25, 0.3) is 16.7 Å². The highest BCUT2D eigenvalue weighted by atomic mass is 79.9. The lowest BCUT2D eigenvalue weighted by Crippen LogP contribution is -2.21. The molecule has 0 saturated carbocycles. The van der Waals surface area contributed by atoms with E-state index in [1.165, 1.54) is 23.9 Å². The highest BCUT2D eigenvalue weighted by Gasteiger charge is 2.13. The van der Waals surface area contributed by atoms with Crippen LogP contribution in [0.5, 0.6) is 0 Å². The summed E-state index contributed by atoms with van der Waals surface area (Å²) in [6, 6.07) is 14.2. The zero-order valence-electron chi connectivity index (χ0n) is 13.4. The highest BCUT2D eigenvalue weighted by Crippen LogP contribution is 2.25. The summed E-state index contributed by atoms with van der Waals surface area (Å²) in [4.78, 5) is 4.61. The third-order valence-electron chi connectivity index (χ3n) is 3.84. The fourth-order valence-electron chi connectivity index (χ4n) is 2.60. The predicted octanol–water partition coefficient (Wildman–Crippen LogP) is 4.42. The number of benzene rings is 2. The number of fused-ring (bicyclic) bond motifs is 1. The molecule has 0 aliphatic heterocycles. The zero-order chi connectivity index (χ0) is 18.1. The molecule has 8 heteroatoms. The van der Waals surface area contributed by atoms with Gasteiger partial charge in [0.15, 0.2) is 10.8 Å². The van der Waals surface area contributed by atoms with Crippen molar-refractivity contribution < 1.29 is 4.39 Å². The van der Waals surface area contributed by atoms with E-state index >= 15 is 0 Å². The van der Waals surface area contributed by atoms with E-state index in [1.54, 1.807) is 16.8 Å². The lowest BCUT2D eigenvalue weighted by atomic mass is 10.2. The molecular weight excluding hydrogens is 417 g/mol. The third kappa shape index (κ3) is 3.30. The second-order valence-electron chi connectivity index (χ2n) is 5.61. The Bertz CT molecular complexity index is 1140. The molecule has 0 bridgehead atoms. The van der Waals surface area contributed by atoms with Crippen LogP contribution in [0.2, 0.25) is 0 Å². The van der Waals surface area contributed by atoms with Crippen LogP contribution in [0.3, 0.4) is 0 Å². The summed E-state index contributed by atoms with van der Waals surface area (Å²) in [5.41, 5.74) is 2.55. The average molecular weight is 430 g/mol. The molecule has 2 N–H and O–H groups in total. The molecule has 0 fully saturated rings. The monoisotopic (exact) mass is 429 g/mol. The number of thioether (sulfide) groups is 1. The van der Waals surface area contributed by atoms with Gasteiger partial charge in [-0.1, -0.05) is 39.8 Å². The van der Waals surface area contributed by atoms with E-state index in [0.717, 1.165) is 15.7 Å². The van der Waals surface area contributed by atoms with E-state index in [-0.39, 0.29) is 5.82 Å². The van der Waals surface area contributed by atoms with Gasteiger partial charge in [-0.15, -0.1) is 0 Å². The molecule has 0 aliphatic carbocycles. The summed E-state index contributed by atoms with van der Waals surface area (Å²) in [6.45, 7) is 0. The lowest BCUT2D eigenvalue weighted by Gasteiger charge is -2.13. The first-order chi connectivity index (χ1) is 12.6. The van der Waals surface area contributed by atoms with Gasteiger partial charge in [0.05, 0.1) is 11.6 Å². The van der Waals surface area contributed by atoms with Crippen molar-refractivity contribution in [1.82, 2.24) is 19.7 Å². The van der Waals surface area contributed by atoms with Crippen LogP contribution in [0.4, 0.5) is 4.39 Å². The first kappa shape index (κ1) is 17.0. The molecule has 2 aromatic carbocycles. The summed E-state index contributed by atoms with van der Waals surface area (Å²) < 4.78 is 16.2. The van der Waals surface area contributed by atoms with Gasteiger partial charge in [-0.2, -0.15) is 5.10 Å². The summed E-state index contributed by atoms with van der Waals surface area (Å²) >= 11 is 4.88. The Labute approximate surface area is 160 Å². The van der Waals surface area contributed by atoms with E-state index in [4.69, 9.17) is 5.41 Å². The Hall–Kier alpha value is -2.45. The summed E-state index contributed by atoms with van der Waals surface area (Å²) in [5, 5.41) is 16.7. The van der Waals surface area contributed by atoms with Crippen LogP contribution in [-0.2, 0) is 5.75 Å². The molecule has 2 aromatic heterocycles. The van der Waals surface area contributed by atoms with Gasteiger partial charge in [0.1, 0.15) is 11.3 Å². The van der Waals surface area contributed by atoms with Crippen LogP contribution in [0.1, 0.15) is 5.56 Å². The summed E-state index contributed by atoms with van der Waals surface area (Å²) in [5.74, 6) is 0.280. The van der Waals surface area contributed by atoms with E-state index in [2.05, 4.69) is 31.1 Å². The summed E-state index contributed by atoms with van der Waals surface area (Å²) in [6.07, 6.45) is 1.60. The van der Waals surface area contributed by atoms with Crippen LogP contribution in [0.15, 0.2) is 64.4 Å². The van der Waals surface area contributed by atoms with Crippen LogP contribution >= 0.6 is 27.7 Å². The molecule has 0 aliphatic rings. The molecule has 4 rings (SSSR count). The van der Waals surface area contributed by atoms with Gasteiger partial charge in [-0.05, 0) is 42.0 Å². The molecule has 0 unspecified atom stereocenters. The quantitative estimate of drug-likeness (QED) is 0.372. The Morgan fingerprint density at radius 1 is 1.19 bits per heavy atom. The van der Waals surface area contributed by atoms with Crippen molar-refractivity contribution in [2.45, 2.75) is 10.9 Å². The van der Waals surface area contributed by atoms with E-state index < -0.39 is 0 Å². The van der Waals surface area contributed by atoms with Gasteiger partial charge in [-0.3, -0.25) is 15.1 Å². The number of aromatic nitrogens is 4. The maximum absolute atomic E-state index is 13.4. The van der Waals surface area contributed by atoms with Gasteiger partial charge in [-0.25, -0.2) is 9.37 Å². The molecule has 0 amide bonds. The molecule has 0 radical (unpaired) electrons. The van der Waals surface area contributed by atoms with Gasteiger partial charge < -0.3 is 0 Å². The SMILES string of the molecule is N=c1c2cn[nH]c2nc(SCc2cccc(F)c2)n1-c1ccc(Br)cc1. The number of rotatable bonds is 4. The largest absolute Gasteiger partial charge is 0.283 e. The maximum Gasteiger partial charge on any atom is 0.176 e. The Kier molecular flexibility index (Phi) is 4.60. The van der Waals surface area contributed by atoms with E-state index in [1.807, 2.05) is 30.3 Å². The second kappa shape index (κ2) is 7.05. The van der Waals surface area contributed by atoms with Crippen molar-refractivity contribution >= 4 is 38.7 Å². The van der Waals surface area contributed by atoms with E-state index in [9.17, 15) is 4.39 Å². The van der Waals surface area contributed by atoms with Crippen molar-refractivity contribution in [1.29, 1.82) is 5.41 Å². The van der Waals surface area contributed by atoms with Crippen molar-refractivity contribution in [3.63, 3.8) is 0 Å². The average Bonchev–Trinajstić information content (AvgIpc) is 3.10. The van der Waals surface area contributed by atoms with Gasteiger partial charge in [0.25, 0.3) is 0 Å². The molecule has 2 heterocycles. The minimum absolute atomic E-state index is 0.262. The van der Waals surface area contributed by atoms with Gasteiger partial charge in [0.2, 0.25) is 0 Å². The van der Waals surface area contributed by atoms with Gasteiger partial charge >= 0.3 is 0 Å². The van der Waals surface area contributed by atoms with Crippen molar-refractivity contribution in [2.75, 3.05) is 0 Å². The standard InChI is InChI=1S/C18H13BrFN5S/c19-12-4-6-14(7-5-12)25-16(21)15-9-22-24-17(15)23-18(25)26-10-11-2-1-3-13(20)8-11/h1-9,21H,10H2,(H,22,24). The van der Waals surface area contributed by atoms with Crippen molar-refractivity contribution in [3.05, 3.63) is 76.1 Å². The van der Waals surface area contributed by atoms with Gasteiger partial charge in [0, 0.05) is 15.9 Å². The number of hydrogen-bond donors (Lipinski definition) is 2. The molecule has 0 saturated heterocycles. The van der Waals surface area contributed by atoms with E-state index in [0.29, 0.717) is 27.4 Å². The number of aromatic amines is 1. The van der Waals surface area contributed by atoms with Crippen LogP contribution in [-0.4, -0.2) is 19.7 Å². The Morgan fingerprint density at radius 3 is 2.77 bits per heavy atom. The third-order valence-corrected chi connectivity index (χ3v) is 5.38. The topological polar surface area (TPSA) is 70.3 Å². The number of nitrogens with one attached hydrogen (secondary N) is 2. The minimum Gasteiger partial charge on any atom is -0.283 e. The molecule has 130 valence electrons. The number of hydrogen-bond acceptors (Lipinski definition) is 4. The first-order valence-corrected chi connectivity index (χ1v) is 9.53. The Morgan fingerprint density at radius 2 is 2.00 bits per heavy atom. The molecule has 26 heavy (non-hydrogen) atoms. The second-order valence-corrected chi connectivity index (χ2v) is 7.46. The molecule has 0 spiro atoms. The molecule has 5 nitrogen and oxygen atoms in total. The highest BCUT2D eigenvalue weighted by molar-refractivity contribution is 9.10. The van der Waals surface area contributed by atoms with Crippen LogP contribution < -0.4 is 5.49 Å². The number of nitrogens with zero attached hydrogens (tertiary/aromatic N) is 3. The van der Waals surface area contributed by atoms with Crippen LogP contribution in [0, 0.1) is 11.2 Å². The fourth-order valence-corrected chi connectivity index (χ4v) is 3.82. The normalized spacial score (nSPS) is 11.2. The number of H-pyrrole nitrogens is 1. The lowest BCUT2D eigenvalue weighted by molar-refractivity contribution is 0.626. The zero-order valence-corrected chi connectivity index (χ0v) is 15.8. The smallest absolute Gasteiger partial charge is 0.176 e. The molecular formula is C18H13BrFN5S.